The van der Waals surface area contributed by atoms with Crippen LogP contribution >= 0.6 is 0 Å². The summed E-state index contributed by atoms with van der Waals surface area (Å²) in [6.45, 7) is 1.63. The normalized spacial score (nSPS) is 23.2. The van der Waals surface area contributed by atoms with Gasteiger partial charge in [-0.15, -0.1) is 0 Å². The van der Waals surface area contributed by atoms with Crippen molar-refractivity contribution in [3.63, 3.8) is 0 Å². The van der Waals surface area contributed by atoms with Crippen LogP contribution in [-0.4, -0.2) is 53.5 Å². The van der Waals surface area contributed by atoms with Gasteiger partial charge in [-0.3, -0.25) is 9.48 Å². The van der Waals surface area contributed by atoms with Crippen LogP contribution in [0.4, 0.5) is 0 Å². The van der Waals surface area contributed by atoms with E-state index in [2.05, 4.69) is 20.7 Å². The second kappa shape index (κ2) is 5.92. The molecule has 1 amide bonds. The zero-order chi connectivity index (χ0) is 13.0. The van der Waals surface area contributed by atoms with Crippen LogP contribution in [0.1, 0.15) is 5.82 Å². The third-order valence-corrected chi connectivity index (χ3v) is 3.08. The molecule has 0 bridgehead atoms. The highest BCUT2D eigenvalue weighted by Crippen LogP contribution is 2.13. The van der Waals surface area contributed by atoms with Gasteiger partial charge in [-0.2, -0.15) is 5.10 Å². The molecule has 0 spiro atoms. The number of hydrogen-bond donors (Lipinski definition) is 2. The van der Waals surface area contributed by atoms with Crippen molar-refractivity contribution in [2.75, 3.05) is 26.8 Å². The largest absolute Gasteiger partial charge is 0.379 e. The molecule has 7 heteroatoms. The Hall–Kier alpha value is -1.47. The Kier molecular flexibility index (Phi) is 4.27. The van der Waals surface area contributed by atoms with Gasteiger partial charge in [0.15, 0.2) is 5.82 Å². The molecule has 18 heavy (non-hydrogen) atoms. The second-order valence-corrected chi connectivity index (χ2v) is 4.41. The van der Waals surface area contributed by atoms with Gasteiger partial charge in [-0.05, 0) is 7.05 Å². The Labute approximate surface area is 106 Å². The highest BCUT2D eigenvalue weighted by Gasteiger charge is 2.32. The molecule has 7 nitrogen and oxygen atoms in total. The number of hydrogen-bond acceptors (Lipinski definition) is 5. The van der Waals surface area contributed by atoms with Crippen molar-refractivity contribution in [1.29, 1.82) is 0 Å². The van der Waals surface area contributed by atoms with Gasteiger partial charge in [0, 0.05) is 26.1 Å². The summed E-state index contributed by atoms with van der Waals surface area (Å²) in [5, 5.41) is 10.1. The van der Waals surface area contributed by atoms with E-state index in [4.69, 9.17) is 4.74 Å². The number of rotatable bonds is 5. The molecule has 0 radical (unpaired) electrons. The lowest BCUT2D eigenvalue weighted by atomic mass is 10.0. The first kappa shape index (κ1) is 13.0. The van der Waals surface area contributed by atoms with Gasteiger partial charge in [0.05, 0.1) is 19.1 Å². The first-order chi connectivity index (χ1) is 8.70. The van der Waals surface area contributed by atoms with Crippen LogP contribution in [0.15, 0.2) is 6.33 Å². The molecular formula is C11H19N5O2. The van der Waals surface area contributed by atoms with Gasteiger partial charge in [-0.1, -0.05) is 0 Å². The maximum Gasteiger partial charge on any atom is 0.227 e. The molecule has 2 atom stereocenters. The van der Waals surface area contributed by atoms with Crippen LogP contribution < -0.4 is 10.6 Å². The second-order valence-electron chi connectivity index (χ2n) is 4.41. The number of likely N-dealkylation sites (N-methyl/N-ethyl adjacent to an activating group) is 1. The Morgan fingerprint density at radius 3 is 3.11 bits per heavy atom. The molecule has 0 saturated carbocycles. The Morgan fingerprint density at radius 1 is 1.61 bits per heavy atom. The molecule has 2 N–H and O–H groups in total. The SMILES string of the molecule is CNC1COCC1C(=O)NCCc1ncn(C)n1. The van der Waals surface area contributed by atoms with Gasteiger partial charge in [0.2, 0.25) is 5.91 Å². The molecule has 1 aromatic rings. The van der Waals surface area contributed by atoms with Crippen molar-refractivity contribution >= 4 is 5.91 Å². The fourth-order valence-electron chi connectivity index (χ4n) is 2.02. The number of carbonyl (C=O) groups is 1. The third kappa shape index (κ3) is 3.05. The van der Waals surface area contributed by atoms with Crippen LogP contribution in [0.5, 0.6) is 0 Å². The Morgan fingerprint density at radius 2 is 2.44 bits per heavy atom. The Bertz CT molecular complexity index is 406. The van der Waals surface area contributed by atoms with E-state index >= 15 is 0 Å². The van der Waals surface area contributed by atoms with Crippen molar-refractivity contribution in [3.8, 4) is 0 Å². The topological polar surface area (TPSA) is 81.1 Å². The minimum Gasteiger partial charge on any atom is -0.379 e. The van der Waals surface area contributed by atoms with Gasteiger partial charge >= 0.3 is 0 Å². The molecule has 1 aliphatic heterocycles. The summed E-state index contributed by atoms with van der Waals surface area (Å²) < 4.78 is 6.95. The number of nitrogens with one attached hydrogen (secondary N) is 2. The van der Waals surface area contributed by atoms with Crippen molar-refractivity contribution < 1.29 is 9.53 Å². The summed E-state index contributed by atoms with van der Waals surface area (Å²) in [6.07, 6.45) is 2.30. The van der Waals surface area contributed by atoms with Gasteiger partial charge in [0.25, 0.3) is 0 Å². The summed E-state index contributed by atoms with van der Waals surface area (Å²) in [6, 6.07) is 0.109. The van der Waals surface area contributed by atoms with Crippen LogP contribution in [0.25, 0.3) is 0 Å². The smallest absolute Gasteiger partial charge is 0.227 e. The number of ether oxygens (including phenoxy) is 1. The van der Waals surface area contributed by atoms with Crippen molar-refractivity contribution in [1.82, 2.24) is 25.4 Å². The highest BCUT2D eigenvalue weighted by molar-refractivity contribution is 5.79. The fourth-order valence-corrected chi connectivity index (χ4v) is 2.02. The molecule has 1 aromatic heterocycles. The average Bonchev–Trinajstić information content (AvgIpc) is 2.97. The predicted molar refractivity (Wildman–Crippen MR) is 64.9 cm³/mol. The van der Waals surface area contributed by atoms with Crippen LogP contribution in [0.2, 0.25) is 0 Å². The van der Waals surface area contributed by atoms with E-state index in [0.717, 1.165) is 5.82 Å². The molecular weight excluding hydrogens is 234 g/mol. The van der Waals surface area contributed by atoms with Crippen molar-refractivity contribution in [3.05, 3.63) is 12.2 Å². The number of carbonyl (C=O) groups excluding carboxylic acids is 1. The molecule has 2 rings (SSSR count). The van der Waals surface area contributed by atoms with Gasteiger partial charge < -0.3 is 15.4 Å². The van der Waals surface area contributed by atoms with E-state index in [1.165, 1.54) is 0 Å². The van der Waals surface area contributed by atoms with E-state index in [9.17, 15) is 4.79 Å². The number of nitrogens with zero attached hydrogens (tertiary/aromatic N) is 3. The summed E-state index contributed by atoms with van der Waals surface area (Å²) in [4.78, 5) is 16.0. The predicted octanol–water partition coefficient (Wildman–Crippen LogP) is -1.29. The molecule has 2 unspecified atom stereocenters. The molecule has 100 valence electrons. The molecule has 1 fully saturated rings. The highest BCUT2D eigenvalue weighted by atomic mass is 16.5. The minimum absolute atomic E-state index is 0.0304. The summed E-state index contributed by atoms with van der Waals surface area (Å²) >= 11 is 0. The summed E-state index contributed by atoms with van der Waals surface area (Å²) in [5.74, 6) is 0.667. The fraction of sp³-hybridized carbons (Fsp3) is 0.727. The third-order valence-electron chi connectivity index (χ3n) is 3.08. The lowest BCUT2D eigenvalue weighted by Gasteiger charge is -2.15. The summed E-state index contributed by atoms with van der Waals surface area (Å²) in [5.41, 5.74) is 0. The summed E-state index contributed by atoms with van der Waals surface area (Å²) in [7, 11) is 3.67. The minimum atomic E-state index is -0.105. The lowest BCUT2D eigenvalue weighted by Crippen LogP contribution is -2.43. The van der Waals surface area contributed by atoms with E-state index in [1.807, 2.05) is 14.1 Å². The number of aryl methyl sites for hydroxylation is 1. The average molecular weight is 253 g/mol. The van der Waals surface area contributed by atoms with Gasteiger partial charge in [-0.25, -0.2) is 4.98 Å². The molecule has 0 aromatic carbocycles. The zero-order valence-corrected chi connectivity index (χ0v) is 10.7. The first-order valence-electron chi connectivity index (χ1n) is 6.08. The lowest BCUT2D eigenvalue weighted by molar-refractivity contribution is -0.125. The number of amides is 1. The van der Waals surface area contributed by atoms with Crippen LogP contribution in [0.3, 0.4) is 0 Å². The number of aromatic nitrogens is 3. The molecule has 0 aliphatic carbocycles. The van der Waals surface area contributed by atoms with Crippen molar-refractivity contribution in [2.45, 2.75) is 12.5 Å². The standard InChI is InChI=1S/C11H19N5O2/c1-12-9-6-18-5-8(9)11(17)13-4-3-10-14-7-16(2)15-10/h7-9,12H,3-6H2,1-2H3,(H,13,17). The quantitative estimate of drug-likeness (QED) is 0.682. The maximum atomic E-state index is 11.9. The molecule has 1 aliphatic rings. The van der Waals surface area contributed by atoms with E-state index in [-0.39, 0.29) is 17.9 Å². The van der Waals surface area contributed by atoms with E-state index < -0.39 is 0 Å². The maximum absolute atomic E-state index is 11.9. The van der Waals surface area contributed by atoms with Crippen molar-refractivity contribution in [2.24, 2.45) is 13.0 Å². The van der Waals surface area contributed by atoms with Crippen LogP contribution in [-0.2, 0) is 23.0 Å². The Balaban J connectivity index is 1.74. The van der Waals surface area contributed by atoms with E-state index in [0.29, 0.717) is 26.2 Å². The van der Waals surface area contributed by atoms with E-state index in [1.54, 1.807) is 11.0 Å². The van der Waals surface area contributed by atoms with Gasteiger partial charge in [0.1, 0.15) is 6.33 Å². The monoisotopic (exact) mass is 253 g/mol. The zero-order valence-electron chi connectivity index (χ0n) is 10.7. The molecule has 1 saturated heterocycles. The first-order valence-corrected chi connectivity index (χ1v) is 6.08. The molecule has 2 heterocycles. The van der Waals surface area contributed by atoms with Crippen LogP contribution in [0, 0.1) is 5.92 Å².